The third-order valence-electron chi connectivity index (χ3n) is 6.79. The Kier molecular flexibility index (Phi) is 12.4. The van der Waals surface area contributed by atoms with Crippen molar-refractivity contribution in [2.24, 2.45) is 11.8 Å². The van der Waals surface area contributed by atoms with Crippen LogP contribution < -0.4 is 11.1 Å². The van der Waals surface area contributed by atoms with Crippen LogP contribution in [0.2, 0.25) is 0 Å². The van der Waals surface area contributed by atoms with Gasteiger partial charge in [0.15, 0.2) is 6.29 Å². The van der Waals surface area contributed by atoms with Gasteiger partial charge >= 0.3 is 6.09 Å². The van der Waals surface area contributed by atoms with Crippen LogP contribution in [-0.2, 0) is 30.7 Å². The van der Waals surface area contributed by atoms with Gasteiger partial charge in [-0.25, -0.2) is 13.2 Å². The number of anilines is 1. The summed E-state index contributed by atoms with van der Waals surface area (Å²) in [5.74, 6) is -0.0231. The lowest BCUT2D eigenvalue weighted by Crippen LogP contribution is -2.51. The van der Waals surface area contributed by atoms with Crippen LogP contribution in [0, 0.1) is 11.8 Å². The summed E-state index contributed by atoms with van der Waals surface area (Å²) >= 11 is 0. The molecule has 5 atom stereocenters. The lowest BCUT2D eigenvalue weighted by atomic mass is 10.0. The van der Waals surface area contributed by atoms with Gasteiger partial charge in [0.1, 0.15) is 6.10 Å². The molecule has 0 spiro atoms. The van der Waals surface area contributed by atoms with Crippen LogP contribution in [0.5, 0.6) is 0 Å². The topological polar surface area (TPSA) is 161 Å². The highest BCUT2D eigenvalue weighted by molar-refractivity contribution is 7.89. The first-order chi connectivity index (χ1) is 19.5. The molecule has 2 aliphatic heterocycles. The van der Waals surface area contributed by atoms with Crippen LogP contribution in [0.25, 0.3) is 0 Å². The number of amides is 1. The number of alkyl carbamates (subject to hydrolysis) is 1. The second-order valence-electron chi connectivity index (χ2n) is 10.6. The molecule has 1 unspecified atom stereocenters. The molecule has 2 aromatic carbocycles. The first-order valence-electron chi connectivity index (χ1n) is 13.9. The van der Waals surface area contributed by atoms with Gasteiger partial charge in [-0.2, -0.15) is 4.31 Å². The standard InChI is InChI=1S/C27H37N3O7S.C2H6O/c1-18(2)15-30(38(33,34)21-10-8-20(28)9-11-21)16-24(31)23(14-19-6-4-3-5-7-19)29-27(32)37-25-17-36-26-22(25)12-13-35-26;1-2-3/h3-11,18,22-26,31H,12-17,28H2,1-2H3,(H,29,32);3H,2H2,1H3/t22-,23-,24+,25?,26+;/m0./s1. The van der Waals surface area contributed by atoms with Crippen LogP contribution in [0.15, 0.2) is 59.5 Å². The summed E-state index contributed by atoms with van der Waals surface area (Å²) in [6.45, 7) is 6.51. The molecule has 2 aliphatic rings. The Balaban J connectivity index is 0.00000147. The summed E-state index contributed by atoms with van der Waals surface area (Å²) in [6.07, 6.45) is -1.69. The van der Waals surface area contributed by atoms with Gasteiger partial charge in [-0.05, 0) is 55.5 Å². The average Bonchev–Trinajstić information content (AvgIpc) is 3.54. The lowest BCUT2D eigenvalue weighted by Gasteiger charge is -2.31. The molecule has 5 N–H and O–H groups in total. The number of nitrogens with one attached hydrogen (secondary N) is 1. The lowest BCUT2D eigenvalue weighted by molar-refractivity contribution is -0.0907. The normalized spacial score (nSPS) is 21.6. The Morgan fingerprint density at radius 1 is 1.12 bits per heavy atom. The van der Waals surface area contributed by atoms with E-state index in [-0.39, 0.29) is 55.7 Å². The second kappa shape index (κ2) is 15.5. The average molecular weight is 594 g/mol. The quantitative estimate of drug-likeness (QED) is 0.287. The Morgan fingerprint density at radius 2 is 1.78 bits per heavy atom. The van der Waals surface area contributed by atoms with Crippen LogP contribution in [0.4, 0.5) is 10.5 Å². The summed E-state index contributed by atoms with van der Waals surface area (Å²) in [5, 5.41) is 21.7. The summed E-state index contributed by atoms with van der Waals surface area (Å²) in [4.78, 5) is 13.0. The highest BCUT2D eigenvalue weighted by Gasteiger charge is 2.44. The van der Waals surface area contributed by atoms with Gasteiger partial charge in [-0.3, -0.25) is 0 Å². The van der Waals surface area contributed by atoms with E-state index >= 15 is 0 Å². The minimum absolute atomic E-state index is 0.000183. The monoisotopic (exact) mass is 593 g/mol. The van der Waals surface area contributed by atoms with Crippen molar-refractivity contribution in [3.05, 3.63) is 60.2 Å². The third-order valence-corrected chi connectivity index (χ3v) is 8.63. The van der Waals surface area contributed by atoms with Crippen molar-refractivity contribution in [3.63, 3.8) is 0 Å². The zero-order valence-electron chi connectivity index (χ0n) is 23.9. The van der Waals surface area contributed by atoms with Crippen molar-refractivity contribution < 1.29 is 37.6 Å². The SMILES string of the molecule is CC(C)CN(C[C@@H](O)[C@H](Cc1ccccc1)NC(=O)OC1CO[C@H]2OCC[C@@H]12)S(=O)(=O)c1ccc(N)cc1.CCO. The smallest absolute Gasteiger partial charge is 0.407 e. The minimum Gasteiger partial charge on any atom is -0.443 e. The molecule has 2 aromatic rings. The molecular formula is C29H43N3O8S. The molecule has 2 fully saturated rings. The van der Waals surface area contributed by atoms with Crippen LogP contribution in [0.1, 0.15) is 32.8 Å². The number of carbonyl (C=O) groups is 1. The number of nitrogens with zero attached hydrogens (tertiary/aromatic N) is 1. The van der Waals surface area contributed by atoms with Gasteiger partial charge in [-0.1, -0.05) is 44.2 Å². The van der Waals surface area contributed by atoms with Gasteiger partial charge in [-0.15, -0.1) is 0 Å². The van der Waals surface area contributed by atoms with Gasteiger partial charge in [0.25, 0.3) is 0 Å². The first-order valence-corrected chi connectivity index (χ1v) is 15.4. The van der Waals surface area contributed by atoms with E-state index in [0.717, 1.165) is 12.0 Å². The number of sulfonamides is 1. The zero-order chi connectivity index (χ0) is 30.0. The van der Waals surface area contributed by atoms with Crippen molar-refractivity contribution in [1.82, 2.24) is 9.62 Å². The fourth-order valence-corrected chi connectivity index (χ4v) is 6.45. The molecule has 0 radical (unpaired) electrons. The summed E-state index contributed by atoms with van der Waals surface area (Å²) < 4.78 is 44.9. The molecular weight excluding hydrogens is 550 g/mol. The van der Waals surface area contributed by atoms with E-state index in [4.69, 9.17) is 25.1 Å². The molecule has 2 heterocycles. The second-order valence-corrected chi connectivity index (χ2v) is 12.5. The fraction of sp³-hybridized carbons (Fsp3) is 0.552. The molecule has 1 amide bonds. The van der Waals surface area contributed by atoms with E-state index in [2.05, 4.69) is 5.32 Å². The number of nitrogen functional groups attached to an aromatic ring is 1. The Bertz CT molecular complexity index is 1180. The van der Waals surface area contributed by atoms with Crippen molar-refractivity contribution in [2.45, 2.75) is 63.0 Å². The third kappa shape index (κ3) is 9.38. The minimum atomic E-state index is -3.93. The highest BCUT2D eigenvalue weighted by Crippen LogP contribution is 2.33. The van der Waals surface area contributed by atoms with Crippen molar-refractivity contribution in [3.8, 4) is 0 Å². The predicted molar refractivity (Wildman–Crippen MR) is 154 cm³/mol. The molecule has 0 aromatic heterocycles. The number of hydrogen-bond acceptors (Lipinski definition) is 9. The Labute approximate surface area is 242 Å². The summed E-state index contributed by atoms with van der Waals surface area (Å²) in [6, 6.07) is 14.5. The number of ether oxygens (including phenoxy) is 3. The molecule has 4 rings (SSSR count). The van der Waals surface area contributed by atoms with Crippen molar-refractivity contribution in [2.75, 3.05) is 38.6 Å². The van der Waals surface area contributed by atoms with Crippen LogP contribution in [0.3, 0.4) is 0 Å². The fourth-order valence-electron chi connectivity index (χ4n) is 4.82. The van der Waals surface area contributed by atoms with Gasteiger partial charge in [0.05, 0.1) is 36.2 Å². The van der Waals surface area contributed by atoms with Crippen molar-refractivity contribution >= 4 is 21.8 Å². The molecule has 2 saturated heterocycles. The van der Waals surface area contributed by atoms with Crippen LogP contribution in [-0.4, -0.2) is 86.5 Å². The highest BCUT2D eigenvalue weighted by atomic mass is 32.2. The number of hydrogen-bond donors (Lipinski definition) is 4. The molecule has 0 saturated carbocycles. The number of rotatable bonds is 11. The van der Waals surface area contributed by atoms with Gasteiger partial charge < -0.3 is 35.5 Å². The number of fused-ring (bicyclic) bond motifs is 1. The van der Waals surface area contributed by atoms with Crippen LogP contribution >= 0.6 is 0 Å². The number of nitrogens with two attached hydrogens (primary N) is 1. The Morgan fingerprint density at radius 3 is 2.41 bits per heavy atom. The van der Waals surface area contributed by atoms with Crippen molar-refractivity contribution in [1.29, 1.82) is 0 Å². The number of benzene rings is 2. The summed E-state index contributed by atoms with van der Waals surface area (Å²) in [5.41, 5.74) is 7.07. The van der Waals surface area contributed by atoms with E-state index in [0.29, 0.717) is 12.3 Å². The largest absolute Gasteiger partial charge is 0.443 e. The molecule has 11 nitrogen and oxygen atoms in total. The van der Waals surface area contributed by atoms with E-state index in [1.807, 2.05) is 44.2 Å². The zero-order valence-corrected chi connectivity index (χ0v) is 24.7. The maximum absolute atomic E-state index is 13.5. The molecule has 41 heavy (non-hydrogen) atoms. The van der Waals surface area contributed by atoms with E-state index in [1.165, 1.54) is 28.6 Å². The van der Waals surface area contributed by atoms with E-state index < -0.39 is 34.4 Å². The number of aliphatic hydroxyl groups excluding tert-OH is 2. The molecule has 12 heteroatoms. The van der Waals surface area contributed by atoms with E-state index in [9.17, 15) is 18.3 Å². The summed E-state index contributed by atoms with van der Waals surface area (Å²) in [7, 11) is -3.93. The number of carbonyl (C=O) groups excluding carboxylic acids is 1. The predicted octanol–water partition coefficient (Wildman–Crippen LogP) is 2.37. The van der Waals surface area contributed by atoms with Gasteiger partial charge in [0, 0.05) is 25.4 Å². The molecule has 0 bridgehead atoms. The maximum atomic E-state index is 13.5. The molecule has 0 aliphatic carbocycles. The molecule has 228 valence electrons. The first kappa shape index (κ1) is 32.8. The Hall–Kier alpha value is -2.74. The van der Waals surface area contributed by atoms with Gasteiger partial charge in [0.2, 0.25) is 10.0 Å². The number of aliphatic hydroxyl groups is 2. The van der Waals surface area contributed by atoms with E-state index in [1.54, 1.807) is 6.92 Å². The maximum Gasteiger partial charge on any atom is 0.407 e.